The summed E-state index contributed by atoms with van der Waals surface area (Å²) in [5, 5.41) is 8.56. The SMILES string of the molecule is C=C/C(=C(/OCc1ccccc1)c1nc(N)nn1C)c1cnn(C(C)OCC)c1. The highest BCUT2D eigenvalue weighted by Crippen LogP contribution is 2.29. The molecule has 0 bridgehead atoms. The molecular formula is C21H26N6O2. The van der Waals surface area contributed by atoms with Crippen LogP contribution in [0.4, 0.5) is 5.95 Å². The molecule has 2 aromatic heterocycles. The fourth-order valence-electron chi connectivity index (χ4n) is 2.93. The average Bonchev–Trinajstić information content (AvgIpc) is 3.32. The normalized spacial score (nSPS) is 13.1. The number of rotatable bonds is 9. The molecule has 152 valence electrons. The Morgan fingerprint density at radius 2 is 2.07 bits per heavy atom. The number of benzene rings is 1. The van der Waals surface area contributed by atoms with Crippen LogP contribution in [0, 0.1) is 0 Å². The van der Waals surface area contributed by atoms with Gasteiger partial charge in [0.25, 0.3) is 0 Å². The van der Waals surface area contributed by atoms with Gasteiger partial charge in [0, 0.05) is 31.0 Å². The lowest BCUT2D eigenvalue weighted by molar-refractivity contribution is 0.0159. The monoisotopic (exact) mass is 394 g/mol. The second-order valence-electron chi connectivity index (χ2n) is 6.40. The lowest BCUT2D eigenvalue weighted by Gasteiger charge is -2.14. The summed E-state index contributed by atoms with van der Waals surface area (Å²) in [6, 6.07) is 9.90. The summed E-state index contributed by atoms with van der Waals surface area (Å²) in [6.45, 7) is 8.82. The number of nitrogens with two attached hydrogens (primary N) is 1. The van der Waals surface area contributed by atoms with E-state index < -0.39 is 0 Å². The first-order chi connectivity index (χ1) is 14.0. The third kappa shape index (κ3) is 4.72. The first-order valence-corrected chi connectivity index (χ1v) is 9.40. The minimum absolute atomic E-state index is 0.174. The lowest BCUT2D eigenvalue weighted by Crippen LogP contribution is -2.09. The summed E-state index contributed by atoms with van der Waals surface area (Å²) < 4.78 is 15.1. The van der Waals surface area contributed by atoms with Gasteiger partial charge >= 0.3 is 0 Å². The summed E-state index contributed by atoms with van der Waals surface area (Å²) in [6.07, 6.45) is 5.18. The van der Waals surface area contributed by atoms with Gasteiger partial charge in [0.2, 0.25) is 5.95 Å². The molecule has 3 aromatic rings. The maximum absolute atomic E-state index is 6.19. The molecule has 8 heteroatoms. The highest BCUT2D eigenvalue weighted by atomic mass is 16.5. The molecule has 0 radical (unpaired) electrons. The Bertz CT molecular complexity index is 990. The van der Waals surface area contributed by atoms with E-state index in [0.717, 1.165) is 16.7 Å². The van der Waals surface area contributed by atoms with Crippen molar-refractivity contribution in [2.45, 2.75) is 26.7 Å². The molecule has 0 saturated heterocycles. The molecule has 3 rings (SSSR count). The maximum Gasteiger partial charge on any atom is 0.240 e. The number of aryl methyl sites for hydroxylation is 1. The number of ether oxygens (including phenoxy) is 2. The van der Waals surface area contributed by atoms with Gasteiger partial charge < -0.3 is 15.2 Å². The number of allylic oxidation sites excluding steroid dienone is 2. The molecule has 0 aliphatic carbocycles. The molecule has 0 fully saturated rings. The molecule has 2 heterocycles. The van der Waals surface area contributed by atoms with Crippen LogP contribution >= 0.6 is 0 Å². The molecule has 0 amide bonds. The Kier molecular flexibility index (Phi) is 6.46. The van der Waals surface area contributed by atoms with Crippen LogP contribution in [0.3, 0.4) is 0 Å². The summed E-state index contributed by atoms with van der Waals surface area (Å²) in [7, 11) is 1.77. The topological polar surface area (TPSA) is 93.0 Å². The minimum Gasteiger partial charge on any atom is -0.484 e. The van der Waals surface area contributed by atoms with Gasteiger partial charge in [0.05, 0.1) is 6.20 Å². The van der Waals surface area contributed by atoms with Crippen LogP contribution in [0.2, 0.25) is 0 Å². The molecule has 0 spiro atoms. The van der Waals surface area contributed by atoms with Crippen molar-refractivity contribution in [3.05, 3.63) is 72.3 Å². The van der Waals surface area contributed by atoms with E-state index in [4.69, 9.17) is 15.2 Å². The van der Waals surface area contributed by atoms with E-state index in [1.54, 1.807) is 28.7 Å². The molecule has 2 N–H and O–H groups in total. The van der Waals surface area contributed by atoms with Crippen LogP contribution in [0.5, 0.6) is 0 Å². The van der Waals surface area contributed by atoms with Gasteiger partial charge in [-0.15, -0.1) is 5.10 Å². The van der Waals surface area contributed by atoms with E-state index in [-0.39, 0.29) is 12.2 Å². The number of nitrogen functional groups attached to an aromatic ring is 1. The summed E-state index contributed by atoms with van der Waals surface area (Å²) in [4.78, 5) is 4.34. The lowest BCUT2D eigenvalue weighted by atomic mass is 10.1. The quantitative estimate of drug-likeness (QED) is 0.441. The third-order valence-corrected chi connectivity index (χ3v) is 4.35. The average molecular weight is 394 g/mol. The van der Waals surface area contributed by atoms with Crippen LogP contribution in [-0.2, 0) is 23.1 Å². The fourth-order valence-corrected chi connectivity index (χ4v) is 2.93. The molecular weight excluding hydrogens is 368 g/mol. The van der Waals surface area contributed by atoms with Gasteiger partial charge in [-0.1, -0.05) is 43.0 Å². The number of nitrogens with zero attached hydrogens (tertiary/aromatic N) is 5. The summed E-state index contributed by atoms with van der Waals surface area (Å²) >= 11 is 0. The van der Waals surface area contributed by atoms with Crippen molar-refractivity contribution in [3.8, 4) is 0 Å². The Hall–Kier alpha value is -3.39. The van der Waals surface area contributed by atoms with Gasteiger partial charge in [-0.05, 0) is 19.4 Å². The Morgan fingerprint density at radius 1 is 1.31 bits per heavy atom. The smallest absolute Gasteiger partial charge is 0.240 e. The standard InChI is InChI=1S/C21H26N6O2/c1-5-18(17-12-23-27(13-17)15(3)28-6-2)19(20-24-21(22)25-26(20)4)29-14-16-10-8-7-9-11-16/h5,7-13,15H,1,6,14H2,2-4H3,(H2,22,25)/b19-18-. The zero-order chi connectivity index (χ0) is 20.8. The van der Waals surface area contributed by atoms with E-state index >= 15 is 0 Å². The number of hydrogen-bond donors (Lipinski definition) is 1. The fraction of sp³-hybridized carbons (Fsp3) is 0.286. The molecule has 1 atom stereocenters. The number of hydrogen-bond acceptors (Lipinski definition) is 6. The Morgan fingerprint density at radius 3 is 2.69 bits per heavy atom. The van der Waals surface area contributed by atoms with Crippen LogP contribution < -0.4 is 5.73 Å². The van der Waals surface area contributed by atoms with Crippen LogP contribution in [-0.4, -0.2) is 31.2 Å². The van der Waals surface area contributed by atoms with E-state index in [1.165, 1.54) is 0 Å². The van der Waals surface area contributed by atoms with Crippen molar-refractivity contribution in [2.24, 2.45) is 7.05 Å². The van der Waals surface area contributed by atoms with Crippen molar-refractivity contribution < 1.29 is 9.47 Å². The zero-order valence-electron chi connectivity index (χ0n) is 16.9. The minimum atomic E-state index is -0.182. The van der Waals surface area contributed by atoms with Crippen LogP contribution in [0.15, 0.2) is 55.4 Å². The first-order valence-electron chi connectivity index (χ1n) is 9.40. The summed E-state index contributed by atoms with van der Waals surface area (Å²) in [5.41, 5.74) is 8.41. The van der Waals surface area contributed by atoms with Gasteiger partial charge in [-0.25, -0.2) is 9.36 Å². The van der Waals surface area contributed by atoms with Gasteiger partial charge in [0.1, 0.15) is 12.8 Å². The van der Waals surface area contributed by atoms with E-state index in [9.17, 15) is 0 Å². The second kappa shape index (κ2) is 9.20. The molecule has 0 aliphatic rings. The highest BCUT2D eigenvalue weighted by molar-refractivity contribution is 5.90. The van der Waals surface area contributed by atoms with Crippen molar-refractivity contribution in [1.29, 1.82) is 0 Å². The Labute approximate surface area is 170 Å². The summed E-state index contributed by atoms with van der Waals surface area (Å²) in [5.74, 6) is 1.21. The number of aromatic nitrogens is 5. The predicted molar refractivity (Wildman–Crippen MR) is 112 cm³/mol. The van der Waals surface area contributed by atoms with Gasteiger partial charge in [-0.2, -0.15) is 10.1 Å². The molecule has 29 heavy (non-hydrogen) atoms. The molecule has 8 nitrogen and oxygen atoms in total. The van der Waals surface area contributed by atoms with Crippen LogP contribution in [0.25, 0.3) is 11.3 Å². The Balaban J connectivity index is 2.02. The zero-order valence-corrected chi connectivity index (χ0v) is 16.9. The largest absolute Gasteiger partial charge is 0.484 e. The third-order valence-electron chi connectivity index (χ3n) is 4.35. The van der Waals surface area contributed by atoms with Crippen LogP contribution in [0.1, 0.15) is 37.0 Å². The maximum atomic E-state index is 6.19. The van der Waals surface area contributed by atoms with Crippen molar-refractivity contribution >= 4 is 17.3 Å². The highest BCUT2D eigenvalue weighted by Gasteiger charge is 2.19. The molecule has 1 aromatic carbocycles. The van der Waals surface area contributed by atoms with Crippen molar-refractivity contribution in [2.75, 3.05) is 12.3 Å². The van der Waals surface area contributed by atoms with Crippen molar-refractivity contribution in [1.82, 2.24) is 24.5 Å². The second-order valence-corrected chi connectivity index (χ2v) is 6.40. The van der Waals surface area contributed by atoms with E-state index in [2.05, 4.69) is 21.8 Å². The molecule has 1 unspecified atom stereocenters. The predicted octanol–water partition coefficient (Wildman–Crippen LogP) is 3.42. The number of anilines is 1. The molecule has 0 aliphatic heterocycles. The van der Waals surface area contributed by atoms with E-state index in [0.29, 0.717) is 24.8 Å². The van der Waals surface area contributed by atoms with Crippen molar-refractivity contribution in [3.63, 3.8) is 0 Å². The van der Waals surface area contributed by atoms with Gasteiger partial charge in [0.15, 0.2) is 11.6 Å². The molecule has 0 saturated carbocycles. The van der Waals surface area contributed by atoms with E-state index in [1.807, 2.05) is 50.4 Å². The first kappa shape index (κ1) is 20.3. The van der Waals surface area contributed by atoms with Gasteiger partial charge in [-0.3, -0.25) is 0 Å².